The van der Waals surface area contributed by atoms with Crippen molar-refractivity contribution in [3.8, 4) is 22.9 Å². The monoisotopic (exact) mass is 421 g/mol. The largest absolute Gasteiger partial charge is 0.454 e. The van der Waals surface area contributed by atoms with Gasteiger partial charge in [0, 0.05) is 11.6 Å². The minimum absolute atomic E-state index is 0.00978. The van der Waals surface area contributed by atoms with Crippen LogP contribution in [0, 0.1) is 0 Å². The summed E-state index contributed by atoms with van der Waals surface area (Å²) < 4.78 is 17.9. The van der Waals surface area contributed by atoms with Crippen molar-refractivity contribution in [2.45, 2.75) is 13.1 Å². The van der Waals surface area contributed by atoms with Crippen molar-refractivity contribution in [3.63, 3.8) is 0 Å². The number of rotatable bonds is 5. The van der Waals surface area contributed by atoms with E-state index in [1.54, 1.807) is 12.1 Å². The smallest absolute Gasteiger partial charge is 0.332 e. The van der Waals surface area contributed by atoms with Crippen molar-refractivity contribution in [3.05, 3.63) is 69.2 Å². The zero-order valence-corrected chi connectivity index (χ0v) is 16.0. The molecule has 2 N–H and O–H groups in total. The number of ether oxygens (including phenoxy) is 2. The third-order valence-electron chi connectivity index (χ3n) is 4.83. The number of aromatic nitrogens is 4. The van der Waals surface area contributed by atoms with E-state index in [0.717, 1.165) is 14.7 Å². The molecule has 3 heterocycles. The highest BCUT2D eigenvalue weighted by Crippen LogP contribution is 2.34. The Balaban J connectivity index is 1.64. The van der Waals surface area contributed by atoms with Crippen LogP contribution in [0.15, 0.2) is 56.6 Å². The number of fused-ring (bicyclic) bond motifs is 2. The molecule has 1 aliphatic rings. The van der Waals surface area contributed by atoms with Crippen molar-refractivity contribution in [2.75, 3.05) is 6.79 Å². The number of nitrogens with zero attached hydrogens (tertiary/aromatic N) is 4. The maximum Gasteiger partial charge on any atom is 0.332 e. The highest BCUT2D eigenvalue weighted by Gasteiger charge is 2.22. The van der Waals surface area contributed by atoms with Gasteiger partial charge in [0.2, 0.25) is 24.4 Å². The second-order valence-electron chi connectivity index (χ2n) is 6.83. The van der Waals surface area contributed by atoms with Gasteiger partial charge < -0.3 is 19.7 Å². The molecule has 0 saturated carbocycles. The molecule has 0 atom stereocenters. The molecule has 4 aromatic rings. The van der Waals surface area contributed by atoms with Crippen LogP contribution in [0.1, 0.15) is 5.89 Å². The van der Waals surface area contributed by atoms with Gasteiger partial charge in [-0.3, -0.25) is 18.7 Å². The van der Waals surface area contributed by atoms with Crippen molar-refractivity contribution in [1.29, 1.82) is 0 Å². The second kappa shape index (κ2) is 7.13. The Hall–Kier alpha value is -4.41. The van der Waals surface area contributed by atoms with Gasteiger partial charge in [0.15, 0.2) is 11.5 Å². The molecule has 156 valence electrons. The third-order valence-corrected chi connectivity index (χ3v) is 4.83. The summed E-state index contributed by atoms with van der Waals surface area (Å²) >= 11 is 0. The van der Waals surface area contributed by atoms with Crippen LogP contribution >= 0.6 is 0 Å². The molecule has 5 rings (SSSR count). The van der Waals surface area contributed by atoms with Crippen LogP contribution in [-0.4, -0.2) is 32.0 Å². The van der Waals surface area contributed by atoms with E-state index in [0.29, 0.717) is 17.3 Å². The zero-order chi connectivity index (χ0) is 21.5. The summed E-state index contributed by atoms with van der Waals surface area (Å²) in [5.41, 5.74) is 4.92. The highest BCUT2D eigenvalue weighted by atomic mass is 16.7. The third kappa shape index (κ3) is 3.21. The molecule has 0 spiro atoms. The van der Waals surface area contributed by atoms with Gasteiger partial charge in [-0.2, -0.15) is 4.98 Å². The van der Waals surface area contributed by atoms with Crippen LogP contribution in [0.5, 0.6) is 11.5 Å². The Kier molecular flexibility index (Phi) is 4.28. The number of primary amides is 1. The van der Waals surface area contributed by atoms with Gasteiger partial charge in [-0.15, -0.1) is 0 Å². The fourth-order valence-corrected chi connectivity index (χ4v) is 3.41. The van der Waals surface area contributed by atoms with E-state index in [2.05, 4.69) is 10.1 Å². The fraction of sp³-hybridized carbons (Fsp3) is 0.150. The minimum atomic E-state index is -0.741. The van der Waals surface area contributed by atoms with Gasteiger partial charge in [-0.1, -0.05) is 35.5 Å². The predicted molar refractivity (Wildman–Crippen MR) is 107 cm³/mol. The maximum atomic E-state index is 13.1. The second-order valence-corrected chi connectivity index (χ2v) is 6.83. The van der Waals surface area contributed by atoms with Crippen molar-refractivity contribution in [1.82, 2.24) is 19.3 Å². The molecule has 0 bridgehead atoms. The van der Waals surface area contributed by atoms with Crippen LogP contribution < -0.4 is 26.5 Å². The molecule has 0 saturated heterocycles. The van der Waals surface area contributed by atoms with E-state index >= 15 is 0 Å². The summed E-state index contributed by atoms with van der Waals surface area (Å²) in [6.07, 6.45) is 0. The summed E-state index contributed by atoms with van der Waals surface area (Å²) in [6, 6.07) is 12.1. The summed E-state index contributed by atoms with van der Waals surface area (Å²) in [5.74, 6) is 0.376. The van der Waals surface area contributed by atoms with Gasteiger partial charge in [-0.25, -0.2) is 4.79 Å². The van der Waals surface area contributed by atoms with E-state index in [4.69, 9.17) is 19.7 Å². The molecule has 2 aromatic carbocycles. The van der Waals surface area contributed by atoms with Crippen molar-refractivity contribution >= 4 is 16.8 Å². The van der Waals surface area contributed by atoms with Gasteiger partial charge in [0.25, 0.3) is 5.56 Å². The van der Waals surface area contributed by atoms with Gasteiger partial charge in [0.1, 0.15) is 13.1 Å². The van der Waals surface area contributed by atoms with E-state index in [1.165, 1.54) is 12.1 Å². The molecular weight excluding hydrogens is 406 g/mol. The molecule has 1 amide bonds. The number of amides is 1. The van der Waals surface area contributed by atoms with Crippen LogP contribution in [0.3, 0.4) is 0 Å². The van der Waals surface area contributed by atoms with Crippen molar-refractivity contribution < 1.29 is 18.8 Å². The predicted octanol–water partition coefficient (Wildman–Crippen LogP) is 0.475. The molecule has 11 nitrogen and oxygen atoms in total. The maximum absolute atomic E-state index is 13.1. The Morgan fingerprint density at radius 3 is 2.55 bits per heavy atom. The Labute approximate surface area is 173 Å². The quantitative estimate of drug-likeness (QED) is 0.490. The number of carbonyl (C=O) groups excluding carboxylic acids is 1. The SMILES string of the molecule is NC(=O)Cn1c(=O)n(Cc2nc(-c3ccccc3)no2)c(=O)c2cc3c(cc21)OCO3. The molecule has 0 unspecified atom stereocenters. The average molecular weight is 421 g/mol. The van der Waals surface area contributed by atoms with Gasteiger partial charge in [-0.05, 0) is 6.07 Å². The lowest BCUT2D eigenvalue weighted by Gasteiger charge is -2.12. The molecule has 0 radical (unpaired) electrons. The zero-order valence-electron chi connectivity index (χ0n) is 16.0. The number of hydrogen-bond donors (Lipinski definition) is 1. The molecule has 2 aromatic heterocycles. The average Bonchev–Trinajstić information content (AvgIpc) is 3.42. The first-order valence-electron chi connectivity index (χ1n) is 9.24. The number of carbonyl (C=O) groups is 1. The molecular formula is C20H15N5O6. The lowest BCUT2D eigenvalue weighted by Crippen LogP contribution is -2.42. The van der Waals surface area contributed by atoms with Crippen LogP contribution in [-0.2, 0) is 17.9 Å². The van der Waals surface area contributed by atoms with Crippen LogP contribution in [0.2, 0.25) is 0 Å². The summed E-state index contributed by atoms with van der Waals surface area (Å²) in [4.78, 5) is 42.0. The Morgan fingerprint density at radius 2 is 1.81 bits per heavy atom. The molecule has 0 aliphatic carbocycles. The van der Waals surface area contributed by atoms with E-state index in [9.17, 15) is 14.4 Å². The van der Waals surface area contributed by atoms with Gasteiger partial charge in [0.05, 0.1) is 10.9 Å². The van der Waals surface area contributed by atoms with E-state index < -0.39 is 23.7 Å². The van der Waals surface area contributed by atoms with E-state index in [1.807, 2.05) is 18.2 Å². The first kappa shape index (κ1) is 18.6. The van der Waals surface area contributed by atoms with E-state index in [-0.39, 0.29) is 30.1 Å². The Bertz CT molecular complexity index is 1440. The van der Waals surface area contributed by atoms with Crippen molar-refractivity contribution in [2.24, 2.45) is 5.73 Å². The topological polar surface area (TPSA) is 144 Å². The number of benzene rings is 2. The number of nitrogens with two attached hydrogens (primary N) is 1. The lowest BCUT2D eigenvalue weighted by atomic mass is 10.2. The fourth-order valence-electron chi connectivity index (χ4n) is 3.41. The summed E-state index contributed by atoms with van der Waals surface area (Å²) in [7, 11) is 0. The molecule has 11 heteroatoms. The standard InChI is InChI=1S/C20H15N5O6/c21-16(26)8-24-13-7-15-14(29-10-30-15)6-12(13)19(27)25(20(24)28)9-17-22-18(23-31-17)11-4-2-1-3-5-11/h1-7H,8-10H2,(H2,21,26). The summed E-state index contributed by atoms with van der Waals surface area (Å²) in [5, 5.41) is 4.06. The van der Waals surface area contributed by atoms with Crippen LogP contribution in [0.4, 0.5) is 0 Å². The lowest BCUT2D eigenvalue weighted by molar-refractivity contribution is -0.118. The summed E-state index contributed by atoms with van der Waals surface area (Å²) in [6.45, 7) is -0.709. The Morgan fingerprint density at radius 1 is 1.06 bits per heavy atom. The number of hydrogen-bond acceptors (Lipinski definition) is 8. The normalized spacial score (nSPS) is 12.4. The first-order valence-corrected chi connectivity index (χ1v) is 9.24. The molecule has 1 aliphatic heterocycles. The van der Waals surface area contributed by atoms with Gasteiger partial charge >= 0.3 is 5.69 Å². The molecule has 0 fully saturated rings. The molecule has 31 heavy (non-hydrogen) atoms. The highest BCUT2D eigenvalue weighted by molar-refractivity contribution is 5.84. The van der Waals surface area contributed by atoms with Crippen LogP contribution in [0.25, 0.3) is 22.3 Å². The minimum Gasteiger partial charge on any atom is -0.454 e. The first-order chi connectivity index (χ1) is 15.0.